The minimum Gasteiger partial charge on any atom is -0.481 e. The third-order valence-electron chi connectivity index (χ3n) is 3.36. The molecule has 4 nitrogen and oxygen atoms in total. The second kappa shape index (κ2) is 5.43. The van der Waals surface area contributed by atoms with Gasteiger partial charge in [0.15, 0.2) is 0 Å². The quantitative estimate of drug-likeness (QED) is 0.857. The third kappa shape index (κ3) is 3.56. The zero-order chi connectivity index (χ0) is 14.8. The Morgan fingerprint density at radius 2 is 1.37 bits per heavy atom. The van der Waals surface area contributed by atoms with Crippen LogP contribution in [0.4, 0.5) is 0 Å². The molecule has 0 saturated carbocycles. The van der Waals surface area contributed by atoms with E-state index in [4.69, 9.17) is 10.2 Å². The Morgan fingerprint density at radius 3 is 1.68 bits per heavy atom. The van der Waals surface area contributed by atoms with Crippen LogP contribution in [-0.4, -0.2) is 22.2 Å². The Kier molecular flexibility index (Phi) is 4.35. The Labute approximate surface area is 113 Å². The van der Waals surface area contributed by atoms with Crippen molar-refractivity contribution >= 4 is 11.9 Å². The molecule has 0 bridgehead atoms. The first-order valence-electron chi connectivity index (χ1n) is 6.17. The van der Waals surface area contributed by atoms with Crippen molar-refractivity contribution in [3.8, 4) is 0 Å². The molecule has 0 aromatic heterocycles. The first-order valence-corrected chi connectivity index (χ1v) is 6.17. The van der Waals surface area contributed by atoms with E-state index in [2.05, 4.69) is 0 Å². The van der Waals surface area contributed by atoms with E-state index in [1.165, 1.54) is 0 Å². The predicted octanol–water partition coefficient (Wildman–Crippen LogP) is 2.82. The molecular formula is C15H20O4. The molecule has 4 heteroatoms. The van der Waals surface area contributed by atoms with Crippen LogP contribution in [0.2, 0.25) is 0 Å². The third-order valence-corrected chi connectivity index (χ3v) is 3.36. The summed E-state index contributed by atoms with van der Waals surface area (Å²) in [6, 6.07) is 3.93. The molecule has 1 rings (SSSR count). The van der Waals surface area contributed by atoms with Crippen molar-refractivity contribution in [3.63, 3.8) is 0 Å². The highest BCUT2D eigenvalue weighted by atomic mass is 16.4. The highest BCUT2D eigenvalue weighted by Crippen LogP contribution is 2.36. The van der Waals surface area contributed by atoms with Crippen molar-refractivity contribution in [2.75, 3.05) is 0 Å². The number of hydrogen-bond acceptors (Lipinski definition) is 2. The number of aliphatic carboxylic acids is 2. The fraction of sp³-hybridized carbons (Fsp3) is 0.467. The average Bonchev–Trinajstić information content (AvgIpc) is 2.10. The molecule has 0 unspecified atom stereocenters. The molecule has 0 aliphatic carbocycles. The second-order valence-electron chi connectivity index (χ2n) is 5.48. The average molecular weight is 264 g/mol. The zero-order valence-electron chi connectivity index (χ0n) is 11.8. The van der Waals surface area contributed by atoms with E-state index in [1.807, 2.05) is 32.9 Å². The van der Waals surface area contributed by atoms with Gasteiger partial charge in [0.05, 0.1) is 12.8 Å². The van der Waals surface area contributed by atoms with Gasteiger partial charge in [-0.25, -0.2) is 0 Å². The Morgan fingerprint density at radius 1 is 1.00 bits per heavy atom. The molecule has 104 valence electrons. The van der Waals surface area contributed by atoms with E-state index in [0.717, 1.165) is 22.3 Å². The SMILES string of the molecule is Cc1cc(C)c(C(C)(CC(=O)O)CC(=O)O)c(C)c1. The lowest BCUT2D eigenvalue weighted by Crippen LogP contribution is -2.30. The molecule has 0 aliphatic heterocycles. The maximum atomic E-state index is 11.1. The second-order valence-corrected chi connectivity index (χ2v) is 5.48. The monoisotopic (exact) mass is 264 g/mol. The summed E-state index contributed by atoms with van der Waals surface area (Å²) in [5, 5.41) is 18.1. The van der Waals surface area contributed by atoms with Crippen LogP contribution in [0.15, 0.2) is 12.1 Å². The molecule has 0 heterocycles. The first kappa shape index (κ1) is 15.2. The summed E-state index contributed by atoms with van der Waals surface area (Å²) < 4.78 is 0. The van der Waals surface area contributed by atoms with Gasteiger partial charge in [0.2, 0.25) is 0 Å². The minimum atomic E-state index is -0.983. The Bertz CT molecular complexity index is 478. The fourth-order valence-corrected chi connectivity index (χ4v) is 3.04. The fourth-order valence-electron chi connectivity index (χ4n) is 3.04. The number of rotatable bonds is 5. The lowest BCUT2D eigenvalue weighted by molar-refractivity contribution is -0.141. The number of carboxylic acid groups (broad SMARTS) is 2. The normalized spacial score (nSPS) is 11.4. The first-order chi connectivity index (χ1) is 8.65. The van der Waals surface area contributed by atoms with Crippen molar-refractivity contribution < 1.29 is 19.8 Å². The Balaban J connectivity index is 3.40. The van der Waals surface area contributed by atoms with Crippen LogP contribution in [0.1, 0.15) is 42.0 Å². The van der Waals surface area contributed by atoms with Gasteiger partial charge in [0.1, 0.15) is 0 Å². The van der Waals surface area contributed by atoms with E-state index < -0.39 is 17.4 Å². The molecule has 0 radical (unpaired) electrons. The maximum absolute atomic E-state index is 11.1. The van der Waals surface area contributed by atoms with Crippen LogP contribution >= 0.6 is 0 Å². The van der Waals surface area contributed by atoms with E-state index in [-0.39, 0.29) is 12.8 Å². The van der Waals surface area contributed by atoms with Crippen LogP contribution in [-0.2, 0) is 15.0 Å². The van der Waals surface area contributed by atoms with E-state index >= 15 is 0 Å². The summed E-state index contributed by atoms with van der Waals surface area (Å²) in [4.78, 5) is 22.1. The molecule has 1 aromatic carbocycles. The standard InChI is InChI=1S/C15H20O4/c1-9-5-10(2)14(11(3)6-9)15(4,7-12(16)17)8-13(18)19/h5-6H,7-8H2,1-4H3,(H,16,17)(H,18,19). The largest absolute Gasteiger partial charge is 0.481 e. The number of benzene rings is 1. The zero-order valence-corrected chi connectivity index (χ0v) is 11.8. The molecule has 2 N–H and O–H groups in total. The summed E-state index contributed by atoms with van der Waals surface area (Å²) in [7, 11) is 0. The van der Waals surface area contributed by atoms with Crippen LogP contribution in [0, 0.1) is 20.8 Å². The molecule has 1 aromatic rings. The topological polar surface area (TPSA) is 74.6 Å². The summed E-state index contributed by atoms with van der Waals surface area (Å²) in [5.41, 5.74) is 2.93. The smallest absolute Gasteiger partial charge is 0.304 e. The van der Waals surface area contributed by atoms with Gasteiger partial charge in [0, 0.05) is 5.41 Å². The molecule has 0 amide bonds. The number of carboxylic acids is 2. The molecule has 19 heavy (non-hydrogen) atoms. The lowest BCUT2D eigenvalue weighted by atomic mass is 9.72. The van der Waals surface area contributed by atoms with Crippen molar-refractivity contribution in [1.29, 1.82) is 0 Å². The van der Waals surface area contributed by atoms with Crippen LogP contribution in [0.3, 0.4) is 0 Å². The summed E-state index contributed by atoms with van der Waals surface area (Å²) in [5.74, 6) is -1.97. The molecule has 0 atom stereocenters. The van der Waals surface area contributed by atoms with Crippen LogP contribution in [0.25, 0.3) is 0 Å². The van der Waals surface area contributed by atoms with Gasteiger partial charge in [-0.1, -0.05) is 24.6 Å². The summed E-state index contributed by atoms with van der Waals surface area (Å²) in [6.07, 6.45) is -0.381. The summed E-state index contributed by atoms with van der Waals surface area (Å²) >= 11 is 0. The van der Waals surface area contributed by atoms with Gasteiger partial charge in [0.25, 0.3) is 0 Å². The number of hydrogen-bond donors (Lipinski definition) is 2. The van der Waals surface area contributed by atoms with Crippen LogP contribution < -0.4 is 0 Å². The Hall–Kier alpha value is -1.84. The van der Waals surface area contributed by atoms with Gasteiger partial charge in [-0.2, -0.15) is 0 Å². The summed E-state index contributed by atoms with van der Waals surface area (Å²) in [6.45, 7) is 7.48. The lowest BCUT2D eigenvalue weighted by Gasteiger charge is -2.30. The number of carbonyl (C=O) groups is 2. The van der Waals surface area contributed by atoms with Crippen molar-refractivity contribution in [1.82, 2.24) is 0 Å². The van der Waals surface area contributed by atoms with Gasteiger partial charge in [-0.05, 0) is 37.5 Å². The van der Waals surface area contributed by atoms with E-state index in [1.54, 1.807) is 6.92 Å². The van der Waals surface area contributed by atoms with Crippen LogP contribution in [0.5, 0.6) is 0 Å². The molecular weight excluding hydrogens is 244 g/mol. The van der Waals surface area contributed by atoms with Crippen molar-refractivity contribution in [2.45, 2.75) is 46.0 Å². The molecule has 0 saturated heterocycles. The molecule has 0 spiro atoms. The maximum Gasteiger partial charge on any atom is 0.304 e. The van der Waals surface area contributed by atoms with Gasteiger partial charge in [-0.3, -0.25) is 9.59 Å². The van der Waals surface area contributed by atoms with Crippen molar-refractivity contribution in [2.24, 2.45) is 0 Å². The predicted molar refractivity (Wildman–Crippen MR) is 72.5 cm³/mol. The number of aryl methyl sites for hydroxylation is 3. The van der Waals surface area contributed by atoms with E-state index in [9.17, 15) is 9.59 Å². The molecule has 0 fully saturated rings. The van der Waals surface area contributed by atoms with Gasteiger partial charge in [-0.15, -0.1) is 0 Å². The minimum absolute atomic E-state index is 0.190. The van der Waals surface area contributed by atoms with Gasteiger partial charge >= 0.3 is 11.9 Å². The highest BCUT2D eigenvalue weighted by Gasteiger charge is 2.34. The molecule has 0 aliphatic rings. The van der Waals surface area contributed by atoms with E-state index in [0.29, 0.717) is 0 Å². The van der Waals surface area contributed by atoms with Crippen molar-refractivity contribution in [3.05, 3.63) is 34.4 Å². The van der Waals surface area contributed by atoms with Gasteiger partial charge < -0.3 is 10.2 Å². The highest BCUT2D eigenvalue weighted by molar-refractivity contribution is 5.74.